The predicted molar refractivity (Wildman–Crippen MR) is 78.6 cm³/mol. The van der Waals surface area contributed by atoms with Crippen molar-refractivity contribution < 1.29 is 14.4 Å². The van der Waals surface area contributed by atoms with Gasteiger partial charge in [0.1, 0.15) is 0 Å². The molecule has 5 nitrogen and oxygen atoms in total. The molecule has 0 saturated heterocycles. The second kappa shape index (κ2) is 6.44. The van der Waals surface area contributed by atoms with E-state index in [-0.39, 0.29) is 5.69 Å². The van der Waals surface area contributed by atoms with Crippen LogP contribution in [-0.4, -0.2) is 19.1 Å². The van der Waals surface area contributed by atoms with E-state index < -0.39 is 4.92 Å². The first-order chi connectivity index (χ1) is 10.1. The van der Waals surface area contributed by atoms with Crippen molar-refractivity contribution in [2.45, 2.75) is 0 Å². The molecule has 0 heterocycles. The Labute approximate surface area is 122 Å². The quantitative estimate of drug-likeness (QED) is 0.493. The smallest absolute Gasteiger partial charge is 0.269 e. The van der Waals surface area contributed by atoms with Gasteiger partial charge in [0.25, 0.3) is 5.69 Å². The topological polar surface area (TPSA) is 61.6 Å². The predicted octanol–water partition coefficient (Wildman–Crippen LogP) is 3.01. The summed E-state index contributed by atoms with van der Waals surface area (Å²) in [6.45, 7) is 0. The van der Waals surface area contributed by atoms with Gasteiger partial charge in [-0.25, -0.2) is 0 Å². The highest BCUT2D eigenvalue weighted by Crippen LogP contribution is 2.27. The van der Waals surface area contributed by atoms with Crippen molar-refractivity contribution in [3.8, 4) is 23.3 Å². The third-order valence-electron chi connectivity index (χ3n) is 2.81. The fourth-order valence-corrected chi connectivity index (χ4v) is 1.72. The fraction of sp³-hybridized carbons (Fsp3) is 0.125. The van der Waals surface area contributed by atoms with E-state index in [1.807, 2.05) is 6.07 Å². The van der Waals surface area contributed by atoms with Crippen molar-refractivity contribution in [2.75, 3.05) is 14.2 Å². The molecule has 0 spiro atoms. The van der Waals surface area contributed by atoms with Gasteiger partial charge in [0, 0.05) is 23.3 Å². The number of rotatable bonds is 3. The molecular weight excluding hydrogens is 270 g/mol. The number of nitrogens with zero attached hydrogens (tertiary/aromatic N) is 1. The summed E-state index contributed by atoms with van der Waals surface area (Å²) in [4.78, 5) is 10.1. The number of hydrogen-bond acceptors (Lipinski definition) is 4. The summed E-state index contributed by atoms with van der Waals surface area (Å²) in [6, 6.07) is 11.5. The van der Waals surface area contributed by atoms with Crippen LogP contribution in [0, 0.1) is 22.0 Å². The Hall–Kier alpha value is -3.00. The van der Waals surface area contributed by atoms with Crippen LogP contribution in [0.4, 0.5) is 5.69 Å². The number of ether oxygens (including phenoxy) is 2. The monoisotopic (exact) mass is 283 g/mol. The van der Waals surface area contributed by atoms with Crippen molar-refractivity contribution in [3.63, 3.8) is 0 Å². The number of hydrogen-bond donors (Lipinski definition) is 0. The van der Waals surface area contributed by atoms with Crippen LogP contribution in [0.3, 0.4) is 0 Å². The van der Waals surface area contributed by atoms with Gasteiger partial charge in [-0.1, -0.05) is 11.8 Å². The van der Waals surface area contributed by atoms with Gasteiger partial charge in [0.05, 0.1) is 19.1 Å². The highest BCUT2D eigenvalue weighted by molar-refractivity contribution is 5.51. The van der Waals surface area contributed by atoms with Crippen LogP contribution in [-0.2, 0) is 0 Å². The van der Waals surface area contributed by atoms with E-state index in [9.17, 15) is 10.1 Å². The molecule has 5 heteroatoms. The van der Waals surface area contributed by atoms with Crippen molar-refractivity contribution in [3.05, 3.63) is 63.7 Å². The first kappa shape index (κ1) is 14.4. The average Bonchev–Trinajstić information content (AvgIpc) is 2.52. The zero-order valence-electron chi connectivity index (χ0n) is 11.6. The molecule has 0 unspecified atom stereocenters. The zero-order chi connectivity index (χ0) is 15.2. The molecule has 0 amide bonds. The maximum atomic E-state index is 10.6. The van der Waals surface area contributed by atoms with Gasteiger partial charge in [-0.15, -0.1) is 0 Å². The van der Waals surface area contributed by atoms with Crippen LogP contribution in [0.2, 0.25) is 0 Å². The number of methoxy groups -OCH3 is 2. The molecular formula is C16H13NO4. The van der Waals surface area contributed by atoms with Crippen molar-refractivity contribution in [1.82, 2.24) is 0 Å². The maximum Gasteiger partial charge on any atom is 0.269 e. The van der Waals surface area contributed by atoms with Gasteiger partial charge in [-0.05, 0) is 30.3 Å². The van der Waals surface area contributed by atoms with Crippen LogP contribution in [0.25, 0.3) is 0 Å². The normalized spacial score (nSPS) is 9.43. The Kier molecular flexibility index (Phi) is 4.42. The highest BCUT2D eigenvalue weighted by Gasteiger charge is 2.04. The summed E-state index contributed by atoms with van der Waals surface area (Å²) < 4.78 is 10.4. The Bertz CT molecular complexity index is 711. The minimum atomic E-state index is -0.439. The minimum Gasteiger partial charge on any atom is -0.493 e. The summed E-state index contributed by atoms with van der Waals surface area (Å²) >= 11 is 0. The van der Waals surface area contributed by atoms with Crippen LogP contribution in [0.15, 0.2) is 42.5 Å². The molecule has 0 radical (unpaired) electrons. The summed E-state index contributed by atoms with van der Waals surface area (Å²) in [7, 11) is 3.13. The molecule has 0 N–H and O–H groups in total. The van der Waals surface area contributed by atoms with E-state index in [0.717, 1.165) is 5.56 Å². The SMILES string of the molecule is COc1ccc(C#Cc2ccc([N+](=O)[O-])cc2)cc1OC. The molecule has 106 valence electrons. The third-order valence-corrected chi connectivity index (χ3v) is 2.81. The lowest BCUT2D eigenvalue weighted by atomic mass is 10.1. The van der Waals surface area contributed by atoms with Gasteiger partial charge in [-0.2, -0.15) is 0 Å². The molecule has 2 aromatic rings. The molecule has 2 rings (SSSR count). The summed E-state index contributed by atoms with van der Waals surface area (Å²) in [6.07, 6.45) is 0. The van der Waals surface area contributed by atoms with Gasteiger partial charge in [0.2, 0.25) is 0 Å². The third kappa shape index (κ3) is 3.51. The van der Waals surface area contributed by atoms with E-state index in [1.54, 1.807) is 38.5 Å². The first-order valence-corrected chi connectivity index (χ1v) is 6.12. The second-order valence-corrected chi connectivity index (χ2v) is 4.12. The number of benzene rings is 2. The summed E-state index contributed by atoms with van der Waals surface area (Å²) in [5, 5.41) is 10.6. The molecule has 0 aliphatic heterocycles. The Morgan fingerprint density at radius 2 is 1.48 bits per heavy atom. The lowest BCUT2D eigenvalue weighted by Gasteiger charge is -2.06. The first-order valence-electron chi connectivity index (χ1n) is 6.12. The number of nitro benzene ring substituents is 1. The van der Waals surface area contributed by atoms with Crippen LogP contribution >= 0.6 is 0 Å². The van der Waals surface area contributed by atoms with Crippen molar-refractivity contribution in [1.29, 1.82) is 0 Å². The Morgan fingerprint density at radius 1 is 0.905 bits per heavy atom. The Balaban J connectivity index is 2.24. The van der Waals surface area contributed by atoms with Gasteiger partial charge in [0.15, 0.2) is 11.5 Å². The van der Waals surface area contributed by atoms with E-state index in [1.165, 1.54) is 12.1 Å². The van der Waals surface area contributed by atoms with E-state index >= 15 is 0 Å². The second-order valence-electron chi connectivity index (χ2n) is 4.12. The van der Waals surface area contributed by atoms with E-state index in [2.05, 4.69) is 11.8 Å². The molecule has 0 aromatic heterocycles. The van der Waals surface area contributed by atoms with Gasteiger partial charge < -0.3 is 9.47 Å². The number of non-ortho nitro benzene ring substituents is 1. The average molecular weight is 283 g/mol. The Morgan fingerprint density at radius 3 is 2.05 bits per heavy atom. The molecule has 0 fully saturated rings. The summed E-state index contributed by atoms with van der Waals surface area (Å²) in [5.41, 5.74) is 1.52. The highest BCUT2D eigenvalue weighted by atomic mass is 16.6. The molecule has 0 saturated carbocycles. The van der Waals surface area contributed by atoms with E-state index in [0.29, 0.717) is 17.1 Å². The molecule has 0 aliphatic rings. The zero-order valence-corrected chi connectivity index (χ0v) is 11.6. The fourth-order valence-electron chi connectivity index (χ4n) is 1.72. The lowest BCUT2D eigenvalue weighted by Crippen LogP contribution is -1.90. The van der Waals surface area contributed by atoms with Crippen LogP contribution < -0.4 is 9.47 Å². The lowest BCUT2D eigenvalue weighted by molar-refractivity contribution is -0.384. The molecule has 2 aromatic carbocycles. The summed E-state index contributed by atoms with van der Waals surface area (Å²) in [5.74, 6) is 7.17. The minimum absolute atomic E-state index is 0.0478. The maximum absolute atomic E-state index is 10.6. The van der Waals surface area contributed by atoms with Crippen LogP contribution in [0.5, 0.6) is 11.5 Å². The van der Waals surface area contributed by atoms with E-state index in [4.69, 9.17) is 9.47 Å². The largest absolute Gasteiger partial charge is 0.493 e. The van der Waals surface area contributed by atoms with Crippen LogP contribution in [0.1, 0.15) is 11.1 Å². The standard InChI is InChI=1S/C16H13NO4/c1-20-15-10-7-13(11-16(15)21-2)4-3-12-5-8-14(9-6-12)17(18)19/h5-11H,1-2H3. The molecule has 21 heavy (non-hydrogen) atoms. The number of nitro groups is 1. The molecule has 0 aliphatic carbocycles. The molecule has 0 atom stereocenters. The van der Waals surface area contributed by atoms with Crippen molar-refractivity contribution >= 4 is 5.69 Å². The van der Waals surface area contributed by atoms with Gasteiger partial charge in [-0.3, -0.25) is 10.1 Å². The van der Waals surface area contributed by atoms with Gasteiger partial charge >= 0.3 is 0 Å². The molecule has 0 bridgehead atoms. The van der Waals surface area contributed by atoms with Crippen molar-refractivity contribution in [2.24, 2.45) is 0 Å².